The Bertz CT molecular complexity index is 621. The van der Waals surface area contributed by atoms with Crippen LogP contribution in [-0.2, 0) is 11.3 Å². The van der Waals surface area contributed by atoms with Gasteiger partial charge in [0.05, 0.1) is 31.0 Å². The molecule has 0 aliphatic carbocycles. The van der Waals surface area contributed by atoms with Crippen LogP contribution in [0.3, 0.4) is 0 Å². The minimum absolute atomic E-state index is 0.203. The molecule has 6 heteroatoms. The molecule has 20 heavy (non-hydrogen) atoms. The molecule has 1 aliphatic heterocycles. The second-order valence-electron chi connectivity index (χ2n) is 5.00. The van der Waals surface area contributed by atoms with E-state index < -0.39 is 0 Å². The Morgan fingerprint density at radius 3 is 3.30 bits per heavy atom. The summed E-state index contributed by atoms with van der Waals surface area (Å²) in [5, 5.41) is 4.29. The van der Waals surface area contributed by atoms with Crippen molar-refractivity contribution in [3.63, 3.8) is 0 Å². The first-order valence-corrected chi connectivity index (χ1v) is 6.82. The SMILES string of the molecule is CC1CN(C(N)=NCc2cnn3ccccc23)CCO1. The molecule has 0 aromatic carbocycles. The molecule has 2 N–H and O–H groups in total. The third kappa shape index (κ3) is 2.60. The summed E-state index contributed by atoms with van der Waals surface area (Å²) >= 11 is 0. The van der Waals surface area contributed by atoms with Gasteiger partial charge in [-0.05, 0) is 19.1 Å². The first-order chi connectivity index (χ1) is 9.74. The first-order valence-electron chi connectivity index (χ1n) is 6.82. The Balaban J connectivity index is 1.73. The molecule has 3 rings (SSSR count). The van der Waals surface area contributed by atoms with E-state index in [2.05, 4.69) is 15.0 Å². The van der Waals surface area contributed by atoms with Crippen molar-refractivity contribution in [2.45, 2.75) is 19.6 Å². The number of morpholine rings is 1. The van der Waals surface area contributed by atoms with Gasteiger partial charge in [0.15, 0.2) is 5.96 Å². The van der Waals surface area contributed by atoms with Gasteiger partial charge in [-0.15, -0.1) is 0 Å². The highest BCUT2D eigenvalue weighted by molar-refractivity contribution is 5.78. The maximum atomic E-state index is 6.06. The second-order valence-corrected chi connectivity index (χ2v) is 5.00. The van der Waals surface area contributed by atoms with Crippen molar-refractivity contribution in [1.29, 1.82) is 0 Å². The Morgan fingerprint density at radius 1 is 1.55 bits per heavy atom. The zero-order valence-corrected chi connectivity index (χ0v) is 11.6. The third-order valence-corrected chi connectivity index (χ3v) is 3.48. The van der Waals surface area contributed by atoms with Gasteiger partial charge in [0.2, 0.25) is 0 Å². The van der Waals surface area contributed by atoms with E-state index in [0.29, 0.717) is 19.1 Å². The molecule has 1 atom stereocenters. The number of rotatable bonds is 2. The van der Waals surface area contributed by atoms with E-state index in [1.165, 1.54) is 0 Å². The topological polar surface area (TPSA) is 68.2 Å². The Labute approximate surface area is 117 Å². The van der Waals surface area contributed by atoms with Crippen molar-refractivity contribution in [3.8, 4) is 0 Å². The van der Waals surface area contributed by atoms with E-state index >= 15 is 0 Å². The van der Waals surface area contributed by atoms with Gasteiger partial charge in [-0.2, -0.15) is 5.10 Å². The van der Waals surface area contributed by atoms with Crippen LogP contribution in [0.15, 0.2) is 35.6 Å². The Kier molecular flexibility index (Phi) is 3.56. The maximum absolute atomic E-state index is 6.06. The third-order valence-electron chi connectivity index (χ3n) is 3.48. The molecular weight excluding hydrogens is 254 g/mol. The predicted molar refractivity (Wildman–Crippen MR) is 77.5 cm³/mol. The van der Waals surface area contributed by atoms with E-state index in [0.717, 1.165) is 24.2 Å². The van der Waals surface area contributed by atoms with Crippen molar-refractivity contribution in [3.05, 3.63) is 36.2 Å². The second kappa shape index (κ2) is 5.50. The van der Waals surface area contributed by atoms with Crippen LogP contribution >= 0.6 is 0 Å². The maximum Gasteiger partial charge on any atom is 0.191 e. The van der Waals surface area contributed by atoms with E-state index in [4.69, 9.17) is 10.5 Å². The largest absolute Gasteiger partial charge is 0.375 e. The fourth-order valence-electron chi connectivity index (χ4n) is 2.40. The minimum Gasteiger partial charge on any atom is -0.375 e. The highest BCUT2D eigenvalue weighted by Gasteiger charge is 2.18. The van der Waals surface area contributed by atoms with Crippen LogP contribution in [0.1, 0.15) is 12.5 Å². The number of hydrogen-bond donors (Lipinski definition) is 1. The summed E-state index contributed by atoms with van der Waals surface area (Å²) in [5.74, 6) is 0.579. The number of aliphatic imine (C=N–C) groups is 1. The summed E-state index contributed by atoms with van der Waals surface area (Å²) in [5.41, 5.74) is 8.21. The van der Waals surface area contributed by atoms with Gasteiger partial charge < -0.3 is 15.4 Å². The molecule has 1 saturated heterocycles. The lowest BCUT2D eigenvalue weighted by molar-refractivity contribution is 0.00529. The molecule has 1 aliphatic rings. The normalized spacial score (nSPS) is 20.6. The van der Waals surface area contributed by atoms with Crippen LogP contribution in [0.25, 0.3) is 5.52 Å². The Hall–Kier alpha value is -2.08. The number of pyridine rings is 1. The molecule has 106 valence electrons. The van der Waals surface area contributed by atoms with Crippen LogP contribution in [0.5, 0.6) is 0 Å². The molecule has 1 fully saturated rings. The molecular formula is C14H19N5O. The van der Waals surface area contributed by atoms with E-state index in [1.54, 1.807) is 0 Å². The average Bonchev–Trinajstić information content (AvgIpc) is 2.88. The Morgan fingerprint density at radius 2 is 2.45 bits per heavy atom. The monoisotopic (exact) mass is 273 g/mol. The van der Waals surface area contributed by atoms with Gasteiger partial charge in [-0.1, -0.05) is 6.07 Å². The van der Waals surface area contributed by atoms with Crippen molar-refractivity contribution in [2.75, 3.05) is 19.7 Å². The fourth-order valence-corrected chi connectivity index (χ4v) is 2.40. The van der Waals surface area contributed by atoms with E-state index in [9.17, 15) is 0 Å². The number of fused-ring (bicyclic) bond motifs is 1. The summed E-state index contributed by atoms with van der Waals surface area (Å²) in [6, 6.07) is 5.98. The lowest BCUT2D eigenvalue weighted by atomic mass is 10.2. The van der Waals surface area contributed by atoms with Gasteiger partial charge in [0.1, 0.15) is 0 Å². The van der Waals surface area contributed by atoms with Crippen LogP contribution in [0, 0.1) is 0 Å². The summed E-state index contributed by atoms with van der Waals surface area (Å²) < 4.78 is 7.35. The van der Waals surface area contributed by atoms with Crippen molar-refractivity contribution in [1.82, 2.24) is 14.5 Å². The van der Waals surface area contributed by atoms with Crippen molar-refractivity contribution < 1.29 is 4.74 Å². The van der Waals surface area contributed by atoms with E-state index in [1.807, 2.05) is 42.0 Å². The van der Waals surface area contributed by atoms with Gasteiger partial charge in [0, 0.05) is 24.8 Å². The molecule has 0 amide bonds. The van der Waals surface area contributed by atoms with Crippen LogP contribution in [0.4, 0.5) is 0 Å². The van der Waals surface area contributed by atoms with E-state index in [-0.39, 0.29) is 6.10 Å². The van der Waals surface area contributed by atoms with Crippen LogP contribution in [-0.4, -0.2) is 46.3 Å². The molecule has 2 aromatic heterocycles. The van der Waals surface area contributed by atoms with Gasteiger partial charge in [0.25, 0.3) is 0 Å². The molecule has 1 unspecified atom stereocenters. The number of guanidine groups is 1. The number of hydrogen-bond acceptors (Lipinski definition) is 3. The summed E-state index contributed by atoms with van der Waals surface area (Å²) in [6.07, 6.45) is 3.97. The average molecular weight is 273 g/mol. The predicted octanol–water partition coefficient (Wildman–Crippen LogP) is 0.870. The lowest BCUT2D eigenvalue weighted by Gasteiger charge is -2.31. The molecule has 6 nitrogen and oxygen atoms in total. The quantitative estimate of drug-likeness (QED) is 0.651. The number of ether oxygens (including phenoxy) is 1. The number of nitrogens with zero attached hydrogens (tertiary/aromatic N) is 4. The molecule has 0 spiro atoms. The fraction of sp³-hybridized carbons (Fsp3) is 0.429. The minimum atomic E-state index is 0.203. The summed E-state index contributed by atoms with van der Waals surface area (Å²) in [4.78, 5) is 6.56. The zero-order chi connectivity index (χ0) is 13.9. The standard InChI is InChI=1S/C14H19N5O/c1-11-10-18(6-7-20-11)14(15)16-8-12-9-17-19-5-3-2-4-13(12)19/h2-5,9,11H,6-8,10H2,1H3,(H2,15,16). The summed E-state index contributed by atoms with van der Waals surface area (Å²) in [7, 11) is 0. The molecule has 2 aromatic rings. The number of aromatic nitrogens is 2. The van der Waals surface area contributed by atoms with Crippen LogP contribution in [0.2, 0.25) is 0 Å². The molecule has 0 bridgehead atoms. The van der Waals surface area contributed by atoms with Crippen LogP contribution < -0.4 is 5.73 Å². The number of nitrogens with two attached hydrogens (primary N) is 1. The lowest BCUT2D eigenvalue weighted by Crippen LogP contribution is -2.47. The molecule has 3 heterocycles. The smallest absolute Gasteiger partial charge is 0.191 e. The highest BCUT2D eigenvalue weighted by Crippen LogP contribution is 2.11. The molecule has 0 radical (unpaired) electrons. The van der Waals surface area contributed by atoms with Crippen molar-refractivity contribution in [2.24, 2.45) is 10.7 Å². The van der Waals surface area contributed by atoms with Gasteiger partial charge in [-0.25, -0.2) is 9.51 Å². The summed E-state index contributed by atoms with van der Waals surface area (Å²) in [6.45, 7) is 4.89. The molecule has 0 saturated carbocycles. The zero-order valence-electron chi connectivity index (χ0n) is 11.6. The highest BCUT2D eigenvalue weighted by atomic mass is 16.5. The van der Waals surface area contributed by atoms with Crippen molar-refractivity contribution >= 4 is 11.5 Å². The first kappa shape index (κ1) is 12.9. The van der Waals surface area contributed by atoms with Gasteiger partial charge in [-0.3, -0.25) is 0 Å². The van der Waals surface area contributed by atoms with Gasteiger partial charge >= 0.3 is 0 Å².